The molecule has 132 valence electrons. The third-order valence-electron chi connectivity index (χ3n) is 4.27. The third-order valence-corrected chi connectivity index (χ3v) is 4.88. The zero-order valence-electron chi connectivity index (χ0n) is 14.0. The molecule has 0 atom stereocenters. The van der Waals surface area contributed by atoms with E-state index in [4.69, 9.17) is 27.9 Å². The second-order valence-corrected chi connectivity index (χ2v) is 6.85. The first-order chi connectivity index (χ1) is 12.0. The number of hydrogen-bond donors (Lipinski definition) is 0. The Balaban J connectivity index is 1.53. The summed E-state index contributed by atoms with van der Waals surface area (Å²) in [5, 5.41) is 1.27. The van der Waals surface area contributed by atoms with Gasteiger partial charge in [-0.2, -0.15) is 0 Å². The summed E-state index contributed by atoms with van der Waals surface area (Å²) in [5.41, 5.74) is 2.00. The number of benzene rings is 2. The first-order valence-electron chi connectivity index (χ1n) is 8.21. The fourth-order valence-corrected chi connectivity index (χ4v) is 3.48. The molecule has 1 aliphatic heterocycles. The minimum Gasteiger partial charge on any atom is -0.484 e. The van der Waals surface area contributed by atoms with Crippen molar-refractivity contribution in [3.8, 4) is 5.75 Å². The minimum absolute atomic E-state index is 0.00881. The molecule has 0 unspecified atom stereocenters. The lowest BCUT2D eigenvalue weighted by molar-refractivity contribution is -0.133. The highest BCUT2D eigenvalue weighted by atomic mass is 35.5. The van der Waals surface area contributed by atoms with Crippen molar-refractivity contribution < 1.29 is 9.53 Å². The second kappa shape index (κ2) is 7.98. The molecule has 6 heteroatoms. The lowest BCUT2D eigenvalue weighted by Gasteiger charge is -2.36. The van der Waals surface area contributed by atoms with Gasteiger partial charge >= 0.3 is 0 Å². The van der Waals surface area contributed by atoms with E-state index in [-0.39, 0.29) is 12.5 Å². The summed E-state index contributed by atoms with van der Waals surface area (Å²) in [6.45, 7) is 4.70. The molecule has 1 amide bonds. The number of aryl methyl sites for hydroxylation is 1. The lowest BCUT2D eigenvalue weighted by Crippen LogP contribution is -2.50. The molecule has 0 radical (unpaired) electrons. The van der Waals surface area contributed by atoms with Gasteiger partial charge in [-0.3, -0.25) is 4.79 Å². The Morgan fingerprint density at radius 3 is 2.20 bits per heavy atom. The summed E-state index contributed by atoms with van der Waals surface area (Å²) in [6, 6.07) is 13.2. The van der Waals surface area contributed by atoms with E-state index >= 15 is 0 Å². The first kappa shape index (κ1) is 17.9. The van der Waals surface area contributed by atoms with Crippen LogP contribution in [-0.4, -0.2) is 43.6 Å². The van der Waals surface area contributed by atoms with Gasteiger partial charge in [0, 0.05) is 26.2 Å². The van der Waals surface area contributed by atoms with Crippen LogP contribution in [-0.2, 0) is 4.79 Å². The highest BCUT2D eigenvalue weighted by molar-refractivity contribution is 6.39. The highest BCUT2D eigenvalue weighted by Crippen LogP contribution is 2.33. The van der Waals surface area contributed by atoms with Crippen LogP contribution in [0.4, 0.5) is 5.69 Å². The van der Waals surface area contributed by atoms with E-state index in [1.54, 1.807) is 0 Å². The molecule has 2 aromatic carbocycles. The predicted octanol–water partition coefficient (Wildman–Crippen LogP) is 4.03. The van der Waals surface area contributed by atoms with Gasteiger partial charge in [-0.05, 0) is 31.2 Å². The summed E-state index contributed by atoms with van der Waals surface area (Å²) in [4.78, 5) is 16.3. The number of rotatable bonds is 4. The summed E-state index contributed by atoms with van der Waals surface area (Å²) >= 11 is 12.5. The average Bonchev–Trinajstić information content (AvgIpc) is 2.61. The standard InChI is InChI=1S/C19H20Cl2N2O2/c1-14-5-7-15(8-6-14)25-13-18(24)22-9-11-23(12-10-22)19-16(20)3-2-4-17(19)21/h2-8H,9-13H2,1H3. The first-order valence-corrected chi connectivity index (χ1v) is 8.96. The van der Waals surface area contributed by atoms with Gasteiger partial charge in [-0.1, -0.05) is 47.0 Å². The molecule has 4 nitrogen and oxygen atoms in total. The van der Waals surface area contributed by atoms with Crippen molar-refractivity contribution in [1.29, 1.82) is 0 Å². The normalized spacial score (nSPS) is 14.5. The van der Waals surface area contributed by atoms with Crippen LogP contribution < -0.4 is 9.64 Å². The number of anilines is 1. The van der Waals surface area contributed by atoms with E-state index in [1.807, 2.05) is 54.3 Å². The molecule has 25 heavy (non-hydrogen) atoms. The number of piperazine rings is 1. The molecule has 0 aromatic heterocycles. The maximum atomic E-state index is 12.3. The van der Waals surface area contributed by atoms with Crippen molar-refractivity contribution in [3.05, 3.63) is 58.1 Å². The summed E-state index contributed by atoms with van der Waals surface area (Å²) in [6.07, 6.45) is 0. The Morgan fingerprint density at radius 2 is 1.60 bits per heavy atom. The molecule has 2 aromatic rings. The van der Waals surface area contributed by atoms with Gasteiger partial charge in [-0.15, -0.1) is 0 Å². The van der Waals surface area contributed by atoms with E-state index in [9.17, 15) is 4.79 Å². The van der Waals surface area contributed by atoms with E-state index in [2.05, 4.69) is 4.90 Å². The molecule has 3 rings (SSSR count). The molecule has 1 aliphatic rings. The topological polar surface area (TPSA) is 32.8 Å². The fourth-order valence-electron chi connectivity index (χ4n) is 2.84. The fraction of sp³-hybridized carbons (Fsp3) is 0.316. The van der Waals surface area contributed by atoms with Crippen LogP contribution in [0.1, 0.15) is 5.56 Å². The van der Waals surface area contributed by atoms with Crippen molar-refractivity contribution in [3.63, 3.8) is 0 Å². The average molecular weight is 379 g/mol. The Labute approximate surface area is 157 Å². The maximum Gasteiger partial charge on any atom is 0.260 e. The van der Waals surface area contributed by atoms with Crippen LogP contribution in [0.15, 0.2) is 42.5 Å². The van der Waals surface area contributed by atoms with Crippen molar-refractivity contribution in [2.75, 3.05) is 37.7 Å². The minimum atomic E-state index is -0.00881. The number of ether oxygens (including phenoxy) is 1. The van der Waals surface area contributed by atoms with Crippen molar-refractivity contribution in [2.45, 2.75) is 6.92 Å². The van der Waals surface area contributed by atoms with Gasteiger partial charge in [0.05, 0.1) is 15.7 Å². The van der Waals surface area contributed by atoms with E-state index in [0.717, 1.165) is 11.3 Å². The van der Waals surface area contributed by atoms with Crippen molar-refractivity contribution in [1.82, 2.24) is 4.90 Å². The van der Waals surface area contributed by atoms with Crippen LogP contribution in [0.25, 0.3) is 0 Å². The highest BCUT2D eigenvalue weighted by Gasteiger charge is 2.24. The molecular weight excluding hydrogens is 359 g/mol. The van der Waals surface area contributed by atoms with Crippen LogP contribution in [0, 0.1) is 6.92 Å². The second-order valence-electron chi connectivity index (χ2n) is 6.04. The summed E-state index contributed by atoms with van der Waals surface area (Å²) < 4.78 is 5.58. The molecular formula is C19H20Cl2N2O2. The smallest absolute Gasteiger partial charge is 0.260 e. The molecule has 0 aliphatic carbocycles. The summed E-state index contributed by atoms with van der Waals surface area (Å²) in [5.74, 6) is 0.700. The molecule has 0 spiro atoms. The quantitative estimate of drug-likeness (QED) is 0.804. The Morgan fingerprint density at radius 1 is 1.00 bits per heavy atom. The van der Waals surface area contributed by atoms with Gasteiger partial charge in [0.2, 0.25) is 0 Å². The number of nitrogens with zero attached hydrogens (tertiary/aromatic N) is 2. The SMILES string of the molecule is Cc1ccc(OCC(=O)N2CCN(c3c(Cl)cccc3Cl)CC2)cc1. The number of amides is 1. The van der Waals surface area contributed by atoms with Crippen molar-refractivity contribution >= 4 is 34.8 Å². The Hall–Kier alpha value is -1.91. The van der Waals surface area contributed by atoms with Gasteiger partial charge in [-0.25, -0.2) is 0 Å². The molecule has 0 saturated carbocycles. The largest absolute Gasteiger partial charge is 0.484 e. The van der Waals surface area contributed by atoms with Gasteiger partial charge in [0.25, 0.3) is 5.91 Å². The van der Waals surface area contributed by atoms with Gasteiger partial charge in [0.15, 0.2) is 6.61 Å². The zero-order valence-corrected chi connectivity index (χ0v) is 15.6. The monoisotopic (exact) mass is 378 g/mol. The van der Waals surface area contributed by atoms with Crippen LogP contribution in [0.3, 0.4) is 0 Å². The number of halogens is 2. The molecule has 1 heterocycles. The maximum absolute atomic E-state index is 12.3. The van der Waals surface area contributed by atoms with Crippen molar-refractivity contribution in [2.24, 2.45) is 0 Å². The Kier molecular flexibility index (Phi) is 5.71. The number of carbonyl (C=O) groups excluding carboxylic acids is 1. The van der Waals surface area contributed by atoms with Crippen LogP contribution in [0.2, 0.25) is 10.0 Å². The predicted molar refractivity (Wildman–Crippen MR) is 102 cm³/mol. The van der Waals surface area contributed by atoms with E-state index in [1.165, 1.54) is 0 Å². The van der Waals surface area contributed by atoms with Crippen LogP contribution >= 0.6 is 23.2 Å². The number of hydrogen-bond acceptors (Lipinski definition) is 3. The molecule has 1 fully saturated rings. The molecule has 0 N–H and O–H groups in total. The van der Waals surface area contributed by atoms with Gasteiger partial charge in [0.1, 0.15) is 5.75 Å². The van der Waals surface area contributed by atoms with E-state index in [0.29, 0.717) is 42.0 Å². The van der Waals surface area contributed by atoms with Crippen LogP contribution in [0.5, 0.6) is 5.75 Å². The Bertz CT molecular complexity index is 721. The van der Waals surface area contributed by atoms with E-state index < -0.39 is 0 Å². The van der Waals surface area contributed by atoms with Gasteiger partial charge < -0.3 is 14.5 Å². The molecule has 0 bridgehead atoms. The molecule has 1 saturated heterocycles. The summed E-state index contributed by atoms with van der Waals surface area (Å²) in [7, 11) is 0. The third kappa shape index (κ3) is 4.39. The number of para-hydroxylation sites is 1. The zero-order chi connectivity index (χ0) is 17.8. The number of carbonyl (C=O) groups is 1. The lowest BCUT2D eigenvalue weighted by atomic mass is 10.2.